The third-order valence-corrected chi connectivity index (χ3v) is 7.62. The van der Waals surface area contributed by atoms with Crippen molar-refractivity contribution in [3.8, 4) is 0 Å². The molecule has 51 heavy (non-hydrogen) atoms. The first-order valence-electron chi connectivity index (χ1n) is 15.1. The summed E-state index contributed by atoms with van der Waals surface area (Å²) < 4.78 is 0. The number of primary amides is 1. The molecule has 2 aliphatic rings. The fourth-order valence-electron chi connectivity index (χ4n) is 4.85. The van der Waals surface area contributed by atoms with Crippen LogP contribution < -0.4 is 39.3 Å². The van der Waals surface area contributed by atoms with Crippen LogP contribution in [-0.2, 0) is 69.0 Å². The zero-order valence-corrected chi connectivity index (χ0v) is 30.9. The summed E-state index contributed by atoms with van der Waals surface area (Å²) >= 11 is 0. The minimum Gasteiger partial charge on any atom is -0.480 e. The Morgan fingerprint density at radius 2 is 1.25 bits per heavy atom. The smallest absolute Gasteiger partial charge is 0.324 e. The van der Waals surface area contributed by atoms with E-state index in [1.807, 2.05) is 0 Å². The molecule has 1 saturated heterocycles. The van der Waals surface area contributed by atoms with E-state index in [-0.39, 0.29) is 65.1 Å². The van der Waals surface area contributed by atoms with Crippen LogP contribution in [0.2, 0.25) is 0 Å². The number of nitrogens with two attached hydrogens (primary N) is 1. The molecule has 2 rings (SSSR count). The number of carboxylic acids is 2. The van der Waals surface area contributed by atoms with E-state index < -0.39 is 108 Å². The maximum atomic E-state index is 13.2. The summed E-state index contributed by atoms with van der Waals surface area (Å²) in [5, 5.41) is 28.2. The fraction of sp³-hybridized carbons (Fsp3) is 0.586. The SMILES string of the molecule is CC(C)CC(NC(=O)C(CC(N)=O)NC(=O)C(C)NC(=O)C(C)NC(=O)CCCN1C(=O)C=CC1=O)C(=O)N1CC(C(=O)O)(C(=O)O)C1.N.N.[Pt]. The zero-order chi connectivity index (χ0) is 36.5. The predicted octanol–water partition coefficient (Wildman–Crippen LogP) is -3.09. The normalized spacial score (nSPS) is 16.4. The Morgan fingerprint density at radius 3 is 1.73 bits per heavy atom. The number of amides is 8. The Balaban J connectivity index is 0. The van der Waals surface area contributed by atoms with Gasteiger partial charge in [-0.3, -0.25) is 52.8 Å². The maximum absolute atomic E-state index is 13.2. The molecular weight excluding hydrogens is 861 g/mol. The number of imide groups is 1. The maximum Gasteiger partial charge on any atom is 0.324 e. The predicted molar refractivity (Wildman–Crippen MR) is 172 cm³/mol. The molecule has 0 bridgehead atoms. The van der Waals surface area contributed by atoms with E-state index in [0.717, 1.165) is 22.0 Å². The number of hydrogen-bond acceptors (Lipinski definition) is 12. The number of nitrogens with zero attached hydrogens (tertiary/aromatic N) is 2. The van der Waals surface area contributed by atoms with Gasteiger partial charge >= 0.3 is 11.9 Å². The van der Waals surface area contributed by atoms with Gasteiger partial charge in [-0.25, -0.2) is 0 Å². The van der Waals surface area contributed by atoms with Crippen LogP contribution in [0.1, 0.15) is 53.4 Å². The summed E-state index contributed by atoms with van der Waals surface area (Å²) in [5.41, 5.74) is 3.08. The van der Waals surface area contributed by atoms with Crippen LogP contribution >= 0.6 is 0 Å². The summed E-state index contributed by atoms with van der Waals surface area (Å²) in [6.45, 7) is 4.83. The Hall–Kier alpha value is -4.75. The second-order valence-electron chi connectivity index (χ2n) is 12.1. The van der Waals surface area contributed by atoms with E-state index in [0.29, 0.717) is 0 Å². The summed E-state index contributed by atoms with van der Waals surface area (Å²) in [6, 6.07) is -5.25. The van der Waals surface area contributed by atoms with E-state index in [2.05, 4.69) is 21.3 Å². The topological polar surface area (TPSA) is 362 Å². The van der Waals surface area contributed by atoms with Crippen molar-refractivity contribution in [2.45, 2.75) is 77.5 Å². The monoisotopic (exact) mass is 908 g/mol. The van der Waals surface area contributed by atoms with Crippen LogP contribution in [-0.4, -0.2) is 123 Å². The summed E-state index contributed by atoms with van der Waals surface area (Å²) in [5.74, 6) is -9.37. The molecule has 14 N–H and O–H groups in total. The standard InChI is InChI=1S/C29H41N7O12.2H3N.Pt/c1-14(2)10-18(26(44)35-12-29(13-35,27(45)46)28(47)48)34-25(43)17(11-19(30)37)33-24(42)16(4)32-23(41)15(3)31-20(38)6-5-9-36-21(39)7-8-22(36)40;;;/h7-8,14-18H,5-6,9-13H2,1-4H3,(H2,30,37)(H,31,38)(H,32,41)(H,33,42)(H,34,43)(H,45,46)(H,47,48);2*1H3;. The van der Waals surface area contributed by atoms with E-state index in [1.54, 1.807) is 13.8 Å². The van der Waals surface area contributed by atoms with Crippen LogP contribution in [0.25, 0.3) is 0 Å². The number of carbonyl (C=O) groups excluding carboxylic acids is 8. The van der Waals surface area contributed by atoms with Gasteiger partial charge in [-0.1, -0.05) is 13.8 Å². The molecule has 21 nitrogen and oxygen atoms in total. The van der Waals surface area contributed by atoms with E-state index >= 15 is 0 Å². The van der Waals surface area contributed by atoms with Gasteiger partial charge in [-0.05, 0) is 32.6 Å². The molecule has 8 amide bonds. The Labute approximate surface area is 307 Å². The van der Waals surface area contributed by atoms with Crippen molar-refractivity contribution in [2.75, 3.05) is 19.6 Å². The van der Waals surface area contributed by atoms with E-state index in [1.165, 1.54) is 13.8 Å². The molecule has 0 saturated carbocycles. The average Bonchev–Trinajstić information content (AvgIpc) is 3.26. The molecule has 22 heteroatoms. The van der Waals surface area contributed by atoms with Crippen LogP contribution in [0.15, 0.2) is 12.2 Å². The van der Waals surface area contributed by atoms with Crippen LogP contribution in [0.5, 0.6) is 0 Å². The van der Waals surface area contributed by atoms with Crippen molar-refractivity contribution in [2.24, 2.45) is 17.1 Å². The molecule has 0 radical (unpaired) electrons. The molecule has 2 aliphatic heterocycles. The van der Waals surface area contributed by atoms with Gasteiger partial charge in [0.1, 0.15) is 24.2 Å². The zero-order valence-electron chi connectivity index (χ0n) is 28.7. The number of hydrogen-bond donors (Lipinski definition) is 9. The second kappa shape index (κ2) is 20.8. The van der Waals surface area contributed by atoms with E-state index in [4.69, 9.17) is 5.73 Å². The number of likely N-dealkylation sites (tertiary alicyclic amines) is 1. The number of carbonyl (C=O) groups is 10. The minimum atomic E-state index is -2.18. The van der Waals surface area contributed by atoms with Crippen molar-refractivity contribution in [3.05, 3.63) is 12.2 Å². The molecule has 0 aliphatic carbocycles. The average molecular weight is 909 g/mol. The molecule has 0 aromatic carbocycles. The van der Waals surface area contributed by atoms with Crippen LogP contribution in [0.3, 0.4) is 0 Å². The van der Waals surface area contributed by atoms with Gasteiger partial charge in [0.05, 0.1) is 6.42 Å². The molecule has 2 heterocycles. The van der Waals surface area contributed by atoms with Gasteiger partial charge in [0.2, 0.25) is 35.4 Å². The van der Waals surface area contributed by atoms with Crippen molar-refractivity contribution >= 4 is 59.2 Å². The number of nitrogens with one attached hydrogen (secondary N) is 4. The van der Waals surface area contributed by atoms with Gasteiger partial charge < -0.3 is 54.4 Å². The molecular formula is C29H47N9O12Pt. The first-order valence-corrected chi connectivity index (χ1v) is 15.1. The summed E-state index contributed by atoms with van der Waals surface area (Å²) in [6.07, 6.45) is 1.63. The van der Waals surface area contributed by atoms with Crippen LogP contribution in [0.4, 0.5) is 0 Å². The third kappa shape index (κ3) is 13.1. The third-order valence-electron chi connectivity index (χ3n) is 7.62. The molecule has 290 valence electrons. The first kappa shape index (κ1) is 48.4. The van der Waals surface area contributed by atoms with Crippen molar-refractivity contribution in [1.29, 1.82) is 0 Å². The van der Waals surface area contributed by atoms with E-state index in [9.17, 15) is 58.2 Å². The molecule has 4 atom stereocenters. The first-order chi connectivity index (χ1) is 22.3. The Kier molecular flexibility index (Phi) is 19.7. The van der Waals surface area contributed by atoms with Crippen molar-refractivity contribution in [3.63, 3.8) is 0 Å². The van der Waals surface area contributed by atoms with Gasteiger partial charge in [-0.2, -0.15) is 0 Å². The largest absolute Gasteiger partial charge is 0.480 e. The van der Waals surface area contributed by atoms with Crippen molar-refractivity contribution < 1.29 is 79.2 Å². The number of aliphatic carboxylic acids is 2. The number of rotatable bonds is 18. The molecule has 4 unspecified atom stereocenters. The number of carboxylic acid groups (broad SMARTS) is 2. The van der Waals surface area contributed by atoms with Gasteiger partial charge in [0.25, 0.3) is 11.8 Å². The Bertz CT molecular complexity index is 1370. The molecule has 0 aromatic rings. The quantitative estimate of drug-likeness (QED) is 0.0487. The van der Waals surface area contributed by atoms with Gasteiger partial charge in [0.15, 0.2) is 5.41 Å². The minimum absolute atomic E-state index is 0. The summed E-state index contributed by atoms with van der Waals surface area (Å²) in [4.78, 5) is 124. The van der Waals surface area contributed by atoms with Gasteiger partial charge in [0, 0.05) is 59.3 Å². The Morgan fingerprint density at radius 1 is 0.784 bits per heavy atom. The van der Waals surface area contributed by atoms with Crippen molar-refractivity contribution in [1.82, 2.24) is 43.4 Å². The summed E-state index contributed by atoms with van der Waals surface area (Å²) in [7, 11) is 0. The second-order valence-corrected chi connectivity index (χ2v) is 12.1. The van der Waals surface area contributed by atoms with Crippen LogP contribution in [0, 0.1) is 11.3 Å². The fourth-order valence-corrected chi connectivity index (χ4v) is 4.85. The molecule has 0 aromatic heterocycles. The van der Waals surface area contributed by atoms with Gasteiger partial charge in [-0.15, -0.1) is 0 Å². The molecule has 1 fully saturated rings. The molecule has 0 spiro atoms.